The minimum atomic E-state index is -0.0685. The van der Waals surface area contributed by atoms with E-state index in [4.69, 9.17) is 0 Å². The molecular formula is C16H19S+. The maximum Gasteiger partial charge on any atom is 0.166 e. The number of rotatable bonds is 5. The van der Waals surface area contributed by atoms with Crippen molar-refractivity contribution in [3.63, 3.8) is 0 Å². The Morgan fingerprint density at radius 3 is 2.35 bits per heavy atom. The topological polar surface area (TPSA) is 0 Å². The summed E-state index contributed by atoms with van der Waals surface area (Å²) < 4.78 is 0. The fourth-order valence-electron chi connectivity index (χ4n) is 1.57. The molecule has 0 aliphatic heterocycles. The summed E-state index contributed by atoms with van der Waals surface area (Å²) in [6, 6.07) is 10.5. The normalized spacial score (nSPS) is 13.6. The number of benzene rings is 1. The monoisotopic (exact) mass is 243 g/mol. The SMILES string of the molecule is C=C/C=C(\C=C/C)[S+](C(=C)C)c1ccccc1. The standard InChI is InChI=1S/C16H19S/c1-5-10-15(11-6-2)17(14(3)4)16-12-8-7-9-13-16/h5-13H,1,3H2,2,4H3/q+1/b11-6-,15-10+. The van der Waals surface area contributed by atoms with E-state index in [1.54, 1.807) is 0 Å². The van der Waals surface area contributed by atoms with Gasteiger partial charge >= 0.3 is 0 Å². The molecule has 1 aromatic rings. The molecule has 1 aromatic carbocycles. The van der Waals surface area contributed by atoms with E-state index in [9.17, 15) is 0 Å². The highest BCUT2D eigenvalue weighted by Gasteiger charge is 2.27. The van der Waals surface area contributed by atoms with E-state index in [1.807, 2.05) is 19.1 Å². The van der Waals surface area contributed by atoms with E-state index in [2.05, 4.69) is 62.6 Å². The van der Waals surface area contributed by atoms with Gasteiger partial charge in [-0.3, -0.25) is 0 Å². The van der Waals surface area contributed by atoms with E-state index < -0.39 is 0 Å². The van der Waals surface area contributed by atoms with Gasteiger partial charge in [-0.25, -0.2) is 0 Å². The second kappa shape index (κ2) is 6.97. The summed E-state index contributed by atoms with van der Waals surface area (Å²) >= 11 is 0. The van der Waals surface area contributed by atoms with Crippen molar-refractivity contribution in [3.8, 4) is 0 Å². The molecule has 0 saturated heterocycles. The fraction of sp³-hybridized carbons (Fsp3) is 0.125. The van der Waals surface area contributed by atoms with Crippen LogP contribution in [0.1, 0.15) is 13.8 Å². The molecule has 0 saturated carbocycles. The van der Waals surface area contributed by atoms with Crippen molar-refractivity contribution in [2.45, 2.75) is 18.7 Å². The number of hydrogen-bond acceptors (Lipinski definition) is 0. The molecule has 88 valence electrons. The van der Waals surface area contributed by atoms with Crippen LogP contribution in [0.3, 0.4) is 0 Å². The van der Waals surface area contributed by atoms with Crippen LogP contribution < -0.4 is 0 Å². The molecule has 0 fully saturated rings. The van der Waals surface area contributed by atoms with Gasteiger partial charge in [-0.2, -0.15) is 0 Å². The van der Waals surface area contributed by atoms with E-state index in [0.29, 0.717) is 0 Å². The molecule has 0 spiro atoms. The van der Waals surface area contributed by atoms with Crippen LogP contribution >= 0.6 is 0 Å². The van der Waals surface area contributed by atoms with Crippen molar-refractivity contribution in [1.82, 2.24) is 0 Å². The molecule has 0 amide bonds. The molecule has 1 atom stereocenters. The highest BCUT2D eigenvalue weighted by atomic mass is 32.2. The lowest BCUT2D eigenvalue weighted by Gasteiger charge is -2.07. The smallest absolute Gasteiger partial charge is 0.0989 e. The lowest BCUT2D eigenvalue weighted by atomic mass is 10.4. The van der Waals surface area contributed by atoms with Crippen LogP contribution in [0.5, 0.6) is 0 Å². The van der Waals surface area contributed by atoms with Gasteiger partial charge in [-0.15, -0.1) is 0 Å². The summed E-state index contributed by atoms with van der Waals surface area (Å²) in [6.45, 7) is 12.0. The van der Waals surface area contributed by atoms with Crippen molar-refractivity contribution in [3.05, 3.63) is 77.6 Å². The molecule has 0 radical (unpaired) electrons. The Bertz CT molecular complexity index is 438. The van der Waals surface area contributed by atoms with E-state index >= 15 is 0 Å². The van der Waals surface area contributed by atoms with Gasteiger partial charge in [0.05, 0.1) is 10.9 Å². The van der Waals surface area contributed by atoms with Crippen LogP contribution in [0.15, 0.2) is 82.5 Å². The average molecular weight is 243 g/mol. The lowest BCUT2D eigenvalue weighted by molar-refractivity contribution is 1.44. The van der Waals surface area contributed by atoms with Crippen LogP contribution in [0.25, 0.3) is 0 Å². The van der Waals surface area contributed by atoms with Gasteiger partial charge in [0.25, 0.3) is 0 Å². The summed E-state index contributed by atoms with van der Waals surface area (Å²) in [5, 5.41) is 0. The summed E-state index contributed by atoms with van der Waals surface area (Å²) in [5.41, 5.74) is 0. The summed E-state index contributed by atoms with van der Waals surface area (Å²) in [4.78, 5) is 3.72. The average Bonchev–Trinajstić information content (AvgIpc) is 2.31. The van der Waals surface area contributed by atoms with E-state index in [-0.39, 0.29) is 10.9 Å². The van der Waals surface area contributed by atoms with Crippen molar-refractivity contribution >= 4 is 10.9 Å². The molecule has 1 rings (SSSR count). The first-order chi connectivity index (χ1) is 8.20. The van der Waals surface area contributed by atoms with Crippen molar-refractivity contribution in [1.29, 1.82) is 0 Å². The van der Waals surface area contributed by atoms with Gasteiger partial charge in [0.1, 0.15) is 4.91 Å². The van der Waals surface area contributed by atoms with Gasteiger partial charge in [-0.05, 0) is 37.8 Å². The summed E-state index contributed by atoms with van der Waals surface area (Å²) in [7, 11) is -0.0685. The van der Waals surface area contributed by atoms with Crippen molar-refractivity contribution in [2.75, 3.05) is 0 Å². The molecule has 0 aromatic heterocycles. The lowest BCUT2D eigenvalue weighted by Crippen LogP contribution is -2.05. The predicted molar refractivity (Wildman–Crippen MR) is 80.0 cm³/mol. The first-order valence-corrected chi connectivity index (χ1v) is 6.83. The molecule has 0 bridgehead atoms. The second-order valence-corrected chi connectivity index (χ2v) is 5.88. The Morgan fingerprint density at radius 1 is 1.24 bits per heavy atom. The quantitative estimate of drug-likeness (QED) is 0.512. The highest BCUT2D eigenvalue weighted by Crippen LogP contribution is 2.28. The molecule has 0 aliphatic carbocycles. The molecule has 17 heavy (non-hydrogen) atoms. The Hall–Kier alpha value is -1.47. The molecule has 0 heterocycles. The van der Waals surface area contributed by atoms with Crippen molar-refractivity contribution in [2.24, 2.45) is 0 Å². The Morgan fingerprint density at radius 2 is 1.88 bits per heavy atom. The largest absolute Gasteiger partial charge is 0.166 e. The van der Waals surface area contributed by atoms with Gasteiger partial charge in [0, 0.05) is 6.92 Å². The molecule has 1 unspecified atom stereocenters. The second-order valence-electron chi connectivity index (χ2n) is 3.63. The summed E-state index contributed by atoms with van der Waals surface area (Å²) in [6.07, 6.45) is 8.08. The molecule has 0 nitrogen and oxygen atoms in total. The maximum atomic E-state index is 4.12. The van der Waals surface area contributed by atoms with Gasteiger partial charge in [0.15, 0.2) is 9.80 Å². The van der Waals surface area contributed by atoms with Crippen molar-refractivity contribution < 1.29 is 0 Å². The maximum absolute atomic E-state index is 4.12. The van der Waals surface area contributed by atoms with Crippen LogP contribution in [-0.2, 0) is 10.9 Å². The Labute approximate surface area is 107 Å². The van der Waals surface area contributed by atoms with Gasteiger partial charge in [0.2, 0.25) is 0 Å². The van der Waals surface area contributed by atoms with Crippen LogP contribution in [0.4, 0.5) is 0 Å². The Kier molecular flexibility index (Phi) is 5.58. The number of hydrogen-bond donors (Lipinski definition) is 0. The first-order valence-electron chi connectivity index (χ1n) is 5.61. The minimum Gasteiger partial charge on any atom is -0.0989 e. The zero-order valence-corrected chi connectivity index (χ0v) is 11.3. The molecule has 1 heteroatoms. The van der Waals surface area contributed by atoms with Crippen LogP contribution in [0, 0.1) is 0 Å². The highest BCUT2D eigenvalue weighted by molar-refractivity contribution is 8.04. The van der Waals surface area contributed by atoms with Crippen LogP contribution in [-0.4, -0.2) is 0 Å². The molecule has 0 N–H and O–H groups in total. The third-order valence-electron chi connectivity index (χ3n) is 2.18. The zero-order valence-electron chi connectivity index (χ0n) is 10.5. The van der Waals surface area contributed by atoms with Gasteiger partial charge < -0.3 is 0 Å². The predicted octanol–water partition coefficient (Wildman–Crippen LogP) is 4.84. The van der Waals surface area contributed by atoms with Gasteiger partial charge in [-0.1, -0.05) is 36.9 Å². The molecule has 0 aliphatic rings. The first kappa shape index (κ1) is 13.6. The molecular weight excluding hydrogens is 224 g/mol. The zero-order chi connectivity index (χ0) is 12.7. The minimum absolute atomic E-state index is 0.0685. The van der Waals surface area contributed by atoms with E-state index in [0.717, 1.165) is 0 Å². The van der Waals surface area contributed by atoms with E-state index in [1.165, 1.54) is 14.7 Å². The number of allylic oxidation sites excluding steroid dienone is 5. The Balaban J connectivity index is 3.21. The summed E-state index contributed by atoms with van der Waals surface area (Å²) in [5.74, 6) is 0. The van der Waals surface area contributed by atoms with Crippen LogP contribution in [0.2, 0.25) is 0 Å². The fourth-order valence-corrected chi connectivity index (χ4v) is 3.58. The third kappa shape index (κ3) is 3.79. The third-order valence-corrected chi connectivity index (χ3v) is 4.36.